The van der Waals surface area contributed by atoms with Crippen LogP contribution in [-0.4, -0.2) is 67.6 Å². The van der Waals surface area contributed by atoms with E-state index in [1.165, 1.54) is 6.92 Å². The van der Waals surface area contributed by atoms with Crippen LogP contribution in [0.5, 0.6) is 17.2 Å². The number of likely N-dealkylation sites (tertiary alicyclic amines) is 1. The average Bonchev–Trinajstić information content (AvgIpc) is 3.50. The van der Waals surface area contributed by atoms with Gasteiger partial charge in [-0.15, -0.1) is 0 Å². The number of carbonyl (C=O) groups is 2. The van der Waals surface area contributed by atoms with Gasteiger partial charge in [-0.2, -0.15) is 0 Å². The minimum absolute atomic E-state index is 0.0660. The molecule has 1 aromatic carbocycles. The van der Waals surface area contributed by atoms with E-state index in [4.69, 9.17) is 18.6 Å². The maximum Gasteiger partial charge on any atom is 0.308 e. The molecule has 2 aliphatic carbocycles. The molecule has 1 amide bonds. The molecule has 2 fully saturated rings. The standard InChI is InChI=1S/C28H32N2O6/c1-16(31)35-22-14-23(33-4)26-25-18(22)13-21-19-6-7-20(27(36-26)28(19,25)10-11-29(21)2)30(3)24(32)8-5-17-9-12-34-15-17/h5,8-9,12,14-15,19-21,27H,6-7,10-11,13H2,1-4H3/b8-5+/t19-,20+,21+,27-,28-/m0/s1. The van der Waals surface area contributed by atoms with Crippen molar-refractivity contribution in [2.45, 2.75) is 56.2 Å². The minimum atomic E-state index is -0.349. The van der Waals surface area contributed by atoms with Crippen LogP contribution in [0.25, 0.3) is 6.08 Å². The van der Waals surface area contributed by atoms with E-state index in [9.17, 15) is 9.59 Å². The zero-order valence-electron chi connectivity index (χ0n) is 21.2. The Morgan fingerprint density at radius 2 is 2.11 bits per heavy atom. The van der Waals surface area contributed by atoms with Crippen molar-refractivity contribution in [2.75, 3.05) is 27.7 Å². The Bertz CT molecular complexity index is 1240. The summed E-state index contributed by atoms with van der Waals surface area (Å²) in [6.45, 7) is 2.38. The molecule has 6 rings (SSSR count). The molecule has 3 heterocycles. The maximum atomic E-state index is 13.2. The summed E-state index contributed by atoms with van der Waals surface area (Å²) in [6, 6.07) is 3.85. The van der Waals surface area contributed by atoms with Gasteiger partial charge in [-0.05, 0) is 57.3 Å². The number of hydrogen-bond acceptors (Lipinski definition) is 7. The number of ether oxygens (including phenoxy) is 3. The van der Waals surface area contributed by atoms with Crippen molar-refractivity contribution < 1.29 is 28.2 Å². The van der Waals surface area contributed by atoms with Gasteiger partial charge in [-0.3, -0.25) is 9.59 Å². The van der Waals surface area contributed by atoms with Gasteiger partial charge in [0.05, 0.1) is 25.7 Å². The van der Waals surface area contributed by atoms with E-state index in [0.29, 0.717) is 23.5 Å². The van der Waals surface area contributed by atoms with Crippen molar-refractivity contribution in [1.29, 1.82) is 0 Å². The minimum Gasteiger partial charge on any atom is -0.493 e. The molecule has 1 saturated carbocycles. The average molecular weight is 493 g/mol. The molecule has 1 saturated heterocycles. The van der Waals surface area contributed by atoms with Crippen molar-refractivity contribution in [3.8, 4) is 17.2 Å². The molecule has 5 atom stereocenters. The number of methoxy groups -OCH3 is 1. The lowest BCUT2D eigenvalue weighted by molar-refractivity contribution is -0.135. The monoisotopic (exact) mass is 492 g/mol. The Morgan fingerprint density at radius 3 is 2.83 bits per heavy atom. The van der Waals surface area contributed by atoms with E-state index in [1.54, 1.807) is 37.9 Å². The first-order chi connectivity index (χ1) is 17.3. The van der Waals surface area contributed by atoms with Crippen LogP contribution in [0.4, 0.5) is 0 Å². The number of piperidine rings is 1. The highest BCUT2D eigenvalue weighted by molar-refractivity contribution is 5.92. The summed E-state index contributed by atoms with van der Waals surface area (Å²) in [5.41, 5.74) is 2.78. The molecule has 0 radical (unpaired) electrons. The second kappa shape index (κ2) is 8.40. The molecule has 8 heteroatoms. The van der Waals surface area contributed by atoms with Crippen LogP contribution in [0.1, 0.15) is 42.9 Å². The Morgan fingerprint density at radius 1 is 1.28 bits per heavy atom. The van der Waals surface area contributed by atoms with Crippen LogP contribution >= 0.6 is 0 Å². The Hall–Kier alpha value is -3.26. The number of rotatable bonds is 5. The summed E-state index contributed by atoms with van der Waals surface area (Å²) in [7, 11) is 5.67. The highest BCUT2D eigenvalue weighted by atomic mass is 16.5. The normalized spacial score (nSPS) is 30.0. The van der Waals surface area contributed by atoms with Gasteiger partial charge in [0.2, 0.25) is 5.91 Å². The topological polar surface area (TPSA) is 81.5 Å². The fourth-order valence-electron chi connectivity index (χ4n) is 7.36. The lowest BCUT2D eigenvalue weighted by atomic mass is 9.51. The van der Waals surface area contributed by atoms with Gasteiger partial charge < -0.3 is 28.4 Å². The van der Waals surface area contributed by atoms with E-state index in [0.717, 1.165) is 54.7 Å². The SMILES string of the molecule is COc1cc(OC(C)=O)c2c3c1O[C@H]1[C@H](N(C)C(=O)/C=C/c4ccoc4)CC[C@H]4[C@@H](C2)N(C)CC[C@@]341. The van der Waals surface area contributed by atoms with Crippen LogP contribution < -0.4 is 14.2 Å². The van der Waals surface area contributed by atoms with Gasteiger partial charge in [-0.1, -0.05) is 0 Å². The van der Waals surface area contributed by atoms with Gasteiger partial charge in [0, 0.05) is 54.3 Å². The van der Waals surface area contributed by atoms with Gasteiger partial charge in [0.15, 0.2) is 11.5 Å². The number of hydrogen-bond donors (Lipinski definition) is 0. The molecule has 1 aromatic heterocycles. The molecule has 36 heavy (non-hydrogen) atoms. The summed E-state index contributed by atoms with van der Waals surface area (Å²) in [6.07, 6.45) is 9.97. The Labute approximate surface area is 210 Å². The van der Waals surface area contributed by atoms with E-state index in [1.807, 2.05) is 18.0 Å². The molecule has 4 aliphatic rings. The summed E-state index contributed by atoms with van der Waals surface area (Å²) in [5, 5.41) is 0. The fourth-order valence-corrected chi connectivity index (χ4v) is 7.36. The lowest BCUT2D eigenvalue weighted by Crippen LogP contribution is -2.68. The first-order valence-electron chi connectivity index (χ1n) is 12.6. The largest absolute Gasteiger partial charge is 0.493 e. The summed E-state index contributed by atoms with van der Waals surface area (Å²) in [5.74, 6) is 1.88. The van der Waals surface area contributed by atoms with Gasteiger partial charge >= 0.3 is 5.97 Å². The maximum absolute atomic E-state index is 13.2. The molecule has 2 aliphatic heterocycles. The number of nitrogens with zero attached hydrogens (tertiary/aromatic N) is 2. The molecule has 2 bridgehead atoms. The fraction of sp³-hybridized carbons (Fsp3) is 0.500. The van der Waals surface area contributed by atoms with Crippen LogP contribution in [0.3, 0.4) is 0 Å². The number of amides is 1. The van der Waals surface area contributed by atoms with Crippen molar-refractivity contribution in [3.05, 3.63) is 47.4 Å². The van der Waals surface area contributed by atoms with Crippen LogP contribution in [0.2, 0.25) is 0 Å². The van der Waals surface area contributed by atoms with E-state index in [-0.39, 0.29) is 29.4 Å². The predicted octanol–water partition coefficient (Wildman–Crippen LogP) is 3.42. The van der Waals surface area contributed by atoms with Crippen molar-refractivity contribution >= 4 is 18.0 Å². The number of benzene rings is 1. The number of esters is 1. The summed E-state index contributed by atoms with van der Waals surface area (Å²) in [4.78, 5) is 29.5. The molecule has 8 nitrogen and oxygen atoms in total. The Balaban J connectivity index is 1.44. The lowest BCUT2D eigenvalue weighted by Gasteiger charge is -2.59. The summed E-state index contributed by atoms with van der Waals surface area (Å²) < 4.78 is 23.4. The third-order valence-corrected chi connectivity index (χ3v) is 8.92. The molecule has 1 spiro atoms. The molecule has 2 aromatic rings. The summed E-state index contributed by atoms with van der Waals surface area (Å²) >= 11 is 0. The van der Waals surface area contributed by atoms with Crippen LogP contribution in [0.15, 0.2) is 35.2 Å². The van der Waals surface area contributed by atoms with Gasteiger partial charge in [0.25, 0.3) is 0 Å². The highest BCUT2D eigenvalue weighted by Gasteiger charge is 2.66. The van der Waals surface area contributed by atoms with Crippen molar-refractivity contribution in [3.63, 3.8) is 0 Å². The zero-order chi connectivity index (χ0) is 25.2. The van der Waals surface area contributed by atoms with Crippen LogP contribution in [0, 0.1) is 5.92 Å². The first kappa shape index (κ1) is 23.2. The molecular weight excluding hydrogens is 460 g/mol. The van der Waals surface area contributed by atoms with Crippen LogP contribution in [-0.2, 0) is 21.4 Å². The number of furan rings is 1. The predicted molar refractivity (Wildman–Crippen MR) is 132 cm³/mol. The number of carbonyl (C=O) groups excluding carboxylic acids is 2. The molecule has 190 valence electrons. The third-order valence-electron chi connectivity index (χ3n) is 8.92. The smallest absolute Gasteiger partial charge is 0.308 e. The second-order valence-corrected chi connectivity index (χ2v) is 10.5. The molecule has 0 N–H and O–H groups in total. The quantitative estimate of drug-likeness (QED) is 0.359. The van der Waals surface area contributed by atoms with E-state index in [2.05, 4.69) is 11.9 Å². The highest BCUT2D eigenvalue weighted by Crippen LogP contribution is 2.65. The van der Waals surface area contributed by atoms with Gasteiger partial charge in [-0.25, -0.2) is 0 Å². The van der Waals surface area contributed by atoms with Crippen molar-refractivity contribution in [1.82, 2.24) is 9.80 Å². The number of likely N-dealkylation sites (N-methyl/N-ethyl adjacent to an activating group) is 2. The zero-order valence-corrected chi connectivity index (χ0v) is 21.2. The first-order valence-corrected chi connectivity index (χ1v) is 12.6. The van der Waals surface area contributed by atoms with Gasteiger partial charge in [0.1, 0.15) is 11.9 Å². The second-order valence-electron chi connectivity index (χ2n) is 10.5. The van der Waals surface area contributed by atoms with E-state index >= 15 is 0 Å². The molecular formula is C28H32N2O6. The third kappa shape index (κ3) is 3.23. The van der Waals surface area contributed by atoms with Crippen molar-refractivity contribution in [2.24, 2.45) is 5.92 Å². The van der Waals surface area contributed by atoms with E-state index < -0.39 is 0 Å². The Kier molecular flexibility index (Phi) is 5.41. The molecule has 0 unspecified atom stereocenters.